The number of unbranched alkanes of at least 4 members (excludes halogenated alkanes) is 7. The fraction of sp³-hybridized carbons (Fsp3) is 0.857. The number of hydrogen-bond acceptors (Lipinski definition) is 2. The van der Waals surface area contributed by atoms with Gasteiger partial charge in [0.1, 0.15) is 13.2 Å². The normalized spacial score (nSPS) is 18.3. The first-order valence-corrected chi connectivity index (χ1v) is 7.40. The first-order valence-electron chi connectivity index (χ1n) is 7.40. The lowest BCUT2D eigenvalue weighted by Gasteiger charge is -2.00. The van der Waals surface area contributed by atoms with E-state index in [0.717, 1.165) is 23.7 Å². The summed E-state index contributed by atoms with van der Waals surface area (Å²) in [6.45, 7) is 2.32. The minimum atomic E-state index is -0.337. The molecule has 0 amide bonds. The number of nitrogens with zero attached hydrogens (tertiary/aromatic N) is 2. The minimum absolute atomic E-state index is 0.337. The van der Waals surface area contributed by atoms with Gasteiger partial charge in [-0.3, -0.25) is 0 Å². The Balaban J connectivity index is 1.92. The summed E-state index contributed by atoms with van der Waals surface area (Å²) in [6.07, 6.45) is 13.2. The predicted octanol–water partition coefficient (Wildman–Crippen LogP) is 2.73. The van der Waals surface area contributed by atoms with Gasteiger partial charge in [0.25, 0.3) is 0 Å². The summed E-state index contributed by atoms with van der Waals surface area (Å²) < 4.78 is 12.1. The molecule has 0 radical (unpaired) electrons. The zero-order valence-electron chi connectivity index (χ0n) is 11.6. The van der Waals surface area contributed by atoms with Crippen molar-refractivity contribution < 1.29 is 9.40 Å². The molecule has 1 N–H and O–H groups in total. The maximum atomic E-state index is 12.1. The van der Waals surface area contributed by atoms with Crippen molar-refractivity contribution in [1.29, 1.82) is 0 Å². The van der Waals surface area contributed by atoms with Crippen LogP contribution in [0.25, 0.3) is 0 Å². The molecule has 1 atom stereocenters. The largest absolute Gasteiger partial charge is 0.245 e. The summed E-state index contributed by atoms with van der Waals surface area (Å²) in [7, 11) is 0. The Labute approximate surface area is 110 Å². The van der Waals surface area contributed by atoms with E-state index in [0.29, 0.717) is 6.54 Å². The molecule has 0 saturated carbocycles. The number of amidine groups is 1. The Bertz CT molecular complexity index is 264. The highest BCUT2D eigenvalue weighted by atomic mass is 19.1. The molecular weight excluding hydrogens is 229 g/mol. The van der Waals surface area contributed by atoms with Gasteiger partial charge in [-0.05, 0) is 6.42 Å². The standard InChI is InChI=1S/C14H26FN3/c1-2-3-4-5-6-7-8-9-10-14-16-13-18(17-14)12-11-15/h13H,2-12H2,1H3/p+1. The number of hydrogen-bond donors (Lipinski definition) is 1. The zero-order valence-corrected chi connectivity index (χ0v) is 11.6. The molecule has 4 heteroatoms. The van der Waals surface area contributed by atoms with Gasteiger partial charge < -0.3 is 0 Å². The molecule has 3 nitrogen and oxygen atoms in total. The van der Waals surface area contributed by atoms with Crippen molar-refractivity contribution in [2.24, 2.45) is 10.1 Å². The van der Waals surface area contributed by atoms with Crippen LogP contribution in [0.15, 0.2) is 10.1 Å². The molecule has 0 aromatic carbocycles. The van der Waals surface area contributed by atoms with Crippen LogP contribution < -0.4 is 5.01 Å². The molecule has 0 aromatic rings. The van der Waals surface area contributed by atoms with Crippen molar-refractivity contribution in [3.63, 3.8) is 0 Å². The molecule has 18 heavy (non-hydrogen) atoms. The van der Waals surface area contributed by atoms with Crippen molar-refractivity contribution in [2.45, 2.75) is 64.7 Å². The van der Waals surface area contributed by atoms with Crippen LogP contribution in [-0.4, -0.2) is 25.4 Å². The Hall–Kier alpha value is -0.770. The van der Waals surface area contributed by atoms with Crippen molar-refractivity contribution in [2.75, 3.05) is 13.2 Å². The van der Waals surface area contributed by atoms with Gasteiger partial charge in [0, 0.05) is 6.42 Å². The van der Waals surface area contributed by atoms with E-state index in [9.17, 15) is 4.39 Å². The third kappa shape index (κ3) is 6.84. The van der Waals surface area contributed by atoms with E-state index in [-0.39, 0.29) is 6.67 Å². The average Bonchev–Trinajstić information content (AvgIpc) is 2.81. The summed E-state index contributed by atoms with van der Waals surface area (Å²) in [5.74, 6) is 0.893. The third-order valence-corrected chi connectivity index (χ3v) is 3.24. The highest BCUT2D eigenvalue weighted by Gasteiger charge is 2.13. The maximum absolute atomic E-state index is 12.1. The molecule has 1 aliphatic heterocycles. The van der Waals surface area contributed by atoms with Gasteiger partial charge in [0.05, 0.1) is 0 Å². The molecule has 1 rings (SSSR count). The topological polar surface area (TPSA) is 29.2 Å². The second-order valence-corrected chi connectivity index (χ2v) is 4.94. The summed E-state index contributed by atoms with van der Waals surface area (Å²) >= 11 is 0. The van der Waals surface area contributed by atoms with Gasteiger partial charge >= 0.3 is 0 Å². The van der Waals surface area contributed by atoms with Crippen LogP contribution in [-0.2, 0) is 0 Å². The number of alkyl halides is 1. The second-order valence-electron chi connectivity index (χ2n) is 4.94. The van der Waals surface area contributed by atoms with Gasteiger partial charge in [-0.1, -0.05) is 57.0 Å². The Morgan fingerprint density at radius 2 is 1.72 bits per heavy atom. The van der Waals surface area contributed by atoms with Gasteiger partial charge in [-0.2, -0.15) is 10.0 Å². The van der Waals surface area contributed by atoms with E-state index in [1.807, 2.05) is 0 Å². The fourth-order valence-corrected chi connectivity index (χ4v) is 2.13. The monoisotopic (exact) mass is 256 g/mol. The van der Waals surface area contributed by atoms with Gasteiger partial charge in [-0.25, -0.2) is 4.39 Å². The zero-order chi connectivity index (χ0) is 13.1. The Kier molecular flexibility index (Phi) is 8.65. The summed E-state index contributed by atoms with van der Waals surface area (Å²) in [5, 5.41) is 5.11. The van der Waals surface area contributed by atoms with E-state index in [1.165, 1.54) is 44.9 Å². The molecule has 1 heterocycles. The lowest BCUT2D eigenvalue weighted by atomic mass is 10.1. The fourth-order valence-electron chi connectivity index (χ4n) is 2.13. The molecule has 0 fully saturated rings. The van der Waals surface area contributed by atoms with Crippen LogP contribution in [0.4, 0.5) is 4.39 Å². The molecule has 104 valence electrons. The number of aliphatic imine (C=N–C) groups is 1. The number of halogens is 1. The third-order valence-electron chi connectivity index (χ3n) is 3.24. The molecule has 0 aliphatic carbocycles. The summed E-state index contributed by atoms with van der Waals surface area (Å²) in [5.41, 5.74) is 0. The van der Waals surface area contributed by atoms with Crippen LogP contribution in [0.3, 0.4) is 0 Å². The molecular formula is C14H27FN3+. The lowest BCUT2D eigenvalue weighted by Crippen LogP contribution is -3.05. The van der Waals surface area contributed by atoms with Gasteiger partial charge in [0.2, 0.25) is 6.34 Å². The SMILES string of the molecule is CCCCCCCCCCC1=N[NH+](CCF)C=N1. The molecule has 0 saturated heterocycles. The molecule has 1 unspecified atom stereocenters. The van der Waals surface area contributed by atoms with E-state index in [4.69, 9.17) is 0 Å². The van der Waals surface area contributed by atoms with Crippen molar-refractivity contribution in [1.82, 2.24) is 0 Å². The van der Waals surface area contributed by atoms with Crippen LogP contribution in [0.2, 0.25) is 0 Å². The average molecular weight is 256 g/mol. The summed E-state index contributed by atoms with van der Waals surface area (Å²) in [6, 6.07) is 0. The Morgan fingerprint density at radius 1 is 1.06 bits per heavy atom. The lowest BCUT2D eigenvalue weighted by molar-refractivity contribution is -0.802. The van der Waals surface area contributed by atoms with Crippen molar-refractivity contribution >= 4 is 12.2 Å². The number of rotatable bonds is 11. The first kappa shape index (κ1) is 15.3. The molecule has 1 aliphatic rings. The van der Waals surface area contributed by atoms with Crippen molar-refractivity contribution in [3.05, 3.63) is 0 Å². The van der Waals surface area contributed by atoms with E-state index in [1.54, 1.807) is 6.34 Å². The number of quaternary nitrogens is 1. The Morgan fingerprint density at radius 3 is 2.39 bits per heavy atom. The van der Waals surface area contributed by atoms with E-state index >= 15 is 0 Å². The first-order chi connectivity index (χ1) is 8.86. The van der Waals surface area contributed by atoms with Crippen LogP contribution in [0, 0.1) is 0 Å². The number of nitrogens with one attached hydrogen (secondary N) is 1. The smallest absolute Gasteiger partial charge is 0.217 e. The predicted molar refractivity (Wildman–Crippen MR) is 75.0 cm³/mol. The molecule has 0 spiro atoms. The van der Waals surface area contributed by atoms with E-state index < -0.39 is 0 Å². The van der Waals surface area contributed by atoms with Crippen LogP contribution >= 0.6 is 0 Å². The highest BCUT2D eigenvalue weighted by molar-refractivity contribution is 5.89. The highest BCUT2D eigenvalue weighted by Crippen LogP contribution is 2.10. The van der Waals surface area contributed by atoms with Gasteiger partial charge in [-0.15, -0.1) is 0 Å². The molecule has 0 bridgehead atoms. The molecule has 0 aromatic heterocycles. The minimum Gasteiger partial charge on any atom is -0.245 e. The second kappa shape index (κ2) is 10.2. The van der Waals surface area contributed by atoms with Crippen LogP contribution in [0.5, 0.6) is 0 Å². The maximum Gasteiger partial charge on any atom is 0.217 e. The quantitative estimate of drug-likeness (QED) is 0.551. The van der Waals surface area contributed by atoms with Crippen LogP contribution in [0.1, 0.15) is 64.7 Å². The van der Waals surface area contributed by atoms with Gasteiger partial charge in [0.15, 0.2) is 5.84 Å². The summed E-state index contributed by atoms with van der Waals surface area (Å²) in [4.78, 5) is 4.22. The van der Waals surface area contributed by atoms with Crippen molar-refractivity contribution in [3.8, 4) is 0 Å². The van der Waals surface area contributed by atoms with E-state index in [2.05, 4.69) is 17.0 Å².